The number of carbonyl (C=O) groups is 1. The number of ether oxygens (including phenoxy) is 1. The fraction of sp³-hybridized carbons (Fsp3) is 0.364. The fourth-order valence-corrected chi connectivity index (χ4v) is 1.62. The summed E-state index contributed by atoms with van der Waals surface area (Å²) in [6.07, 6.45) is 2.34. The Morgan fingerprint density at radius 2 is 2.27 bits per heavy atom. The predicted octanol–water partition coefficient (Wildman–Crippen LogP) is 2.60. The lowest BCUT2D eigenvalue weighted by Crippen LogP contribution is -2.10. The number of esters is 1. The molecule has 2 rings (SSSR count). The summed E-state index contributed by atoms with van der Waals surface area (Å²) in [6, 6.07) is 5.18. The summed E-state index contributed by atoms with van der Waals surface area (Å²) in [5.74, 6) is 0.239. The van der Waals surface area contributed by atoms with Crippen LogP contribution >= 0.6 is 15.9 Å². The molecule has 0 radical (unpaired) electrons. The van der Waals surface area contributed by atoms with Gasteiger partial charge >= 0.3 is 5.97 Å². The van der Waals surface area contributed by atoms with Crippen LogP contribution in [0.5, 0.6) is 0 Å². The van der Waals surface area contributed by atoms with Gasteiger partial charge in [0.05, 0.1) is 12.2 Å². The maximum absolute atomic E-state index is 11.6. The van der Waals surface area contributed by atoms with Gasteiger partial charge < -0.3 is 10.5 Å². The number of hydrogen-bond donors (Lipinski definition) is 1. The second-order valence-electron chi connectivity index (χ2n) is 3.77. The predicted molar refractivity (Wildman–Crippen MR) is 61.6 cm³/mol. The van der Waals surface area contributed by atoms with Gasteiger partial charge in [-0.3, -0.25) is 0 Å². The van der Waals surface area contributed by atoms with Crippen LogP contribution in [-0.2, 0) is 4.74 Å². The zero-order chi connectivity index (χ0) is 10.8. The lowest BCUT2D eigenvalue weighted by atomic mass is 10.2. The summed E-state index contributed by atoms with van der Waals surface area (Å²) in [5, 5.41) is 0. The molecule has 0 bridgehead atoms. The van der Waals surface area contributed by atoms with E-state index in [2.05, 4.69) is 15.9 Å². The van der Waals surface area contributed by atoms with Crippen molar-refractivity contribution in [3.8, 4) is 0 Å². The Hall–Kier alpha value is -1.03. The van der Waals surface area contributed by atoms with E-state index in [0.717, 1.165) is 4.47 Å². The molecule has 0 heterocycles. The van der Waals surface area contributed by atoms with Crippen LogP contribution in [0.1, 0.15) is 23.2 Å². The Balaban J connectivity index is 2.05. The van der Waals surface area contributed by atoms with Gasteiger partial charge in [0, 0.05) is 10.2 Å². The van der Waals surface area contributed by atoms with Crippen LogP contribution in [0, 0.1) is 5.92 Å². The smallest absolute Gasteiger partial charge is 0.340 e. The van der Waals surface area contributed by atoms with Crippen molar-refractivity contribution in [3.05, 3.63) is 28.2 Å². The van der Waals surface area contributed by atoms with Crippen LogP contribution < -0.4 is 5.73 Å². The Morgan fingerprint density at radius 1 is 1.53 bits per heavy atom. The average Bonchev–Trinajstić information content (AvgIpc) is 3.02. The van der Waals surface area contributed by atoms with Gasteiger partial charge in [0.2, 0.25) is 0 Å². The maximum atomic E-state index is 11.6. The Bertz CT molecular complexity index is 388. The molecule has 4 heteroatoms. The normalized spacial score (nSPS) is 15.0. The first-order valence-electron chi connectivity index (χ1n) is 4.89. The van der Waals surface area contributed by atoms with Gasteiger partial charge in [0.15, 0.2) is 0 Å². The third-order valence-corrected chi connectivity index (χ3v) is 2.88. The first kappa shape index (κ1) is 10.5. The van der Waals surface area contributed by atoms with Crippen molar-refractivity contribution in [2.75, 3.05) is 12.3 Å². The van der Waals surface area contributed by atoms with Crippen LogP contribution in [-0.4, -0.2) is 12.6 Å². The van der Waals surface area contributed by atoms with Crippen molar-refractivity contribution in [2.24, 2.45) is 5.92 Å². The molecule has 0 aromatic heterocycles. The molecule has 3 nitrogen and oxygen atoms in total. The molecule has 1 aliphatic rings. The number of rotatable bonds is 3. The molecular weight excluding hydrogens is 258 g/mol. The highest BCUT2D eigenvalue weighted by atomic mass is 79.9. The second-order valence-corrected chi connectivity index (χ2v) is 4.69. The molecule has 1 aliphatic carbocycles. The highest BCUT2D eigenvalue weighted by molar-refractivity contribution is 9.10. The quantitative estimate of drug-likeness (QED) is 0.678. The summed E-state index contributed by atoms with van der Waals surface area (Å²) >= 11 is 3.29. The summed E-state index contributed by atoms with van der Waals surface area (Å²) in [5.41, 5.74) is 6.58. The molecule has 0 amide bonds. The third-order valence-electron chi connectivity index (χ3n) is 2.38. The Morgan fingerprint density at radius 3 is 2.93 bits per heavy atom. The zero-order valence-electron chi connectivity index (χ0n) is 8.20. The monoisotopic (exact) mass is 269 g/mol. The number of hydrogen-bond acceptors (Lipinski definition) is 3. The van der Waals surface area contributed by atoms with Crippen LogP contribution in [0.2, 0.25) is 0 Å². The SMILES string of the molecule is Nc1ccc(Br)cc1C(=O)OCC1CC1. The molecule has 1 aromatic carbocycles. The highest BCUT2D eigenvalue weighted by Crippen LogP contribution is 2.29. The molecule has 15 heavy (non-hydrogen) atoms. The van der Waals surface area contributed by atoms with Crippen LogP contribution in [0.3, 0.4) is 0 Å². The van der Waals surface area contributed by atoms with E-state index in [1.807, 2.05) is 0 Å². The number of nitrogens with two attached hydrogens (primary N) is 1. The van der Waals surface area contributed by atoms with Crippen molar-refractivity contribution in [1.82, 2.24) is 0 Å². The van der Waals surface area contributed by atoms with Gasteiger partial charge in [-0.05, 0) is 37.0 Å². The molecule has 0 atom stereocenters. The number of anilines is 1. The van der Waals surface area contributed by atoms with Gasteiger partial charge in [-0.1, -0.05) is 15.9 Å². The molecule has 1 saturated carbocycles. The fourth-order valence-electron chi connectivity index (χ4n) is 1.26. The van der Waals surface area contributed by atoms with Crippen molar-refractivity contribution in [1.29, 1.82) is 0 Å². The standard InChI is InChI=1S/C11H12BrNO2/c12-8-3-4-10(13)9(5-8)11(14)15-6-7-1-2-7/h3-5,7H,1-2,6,13H2. The van der Waals surface area contributed by atoms with E-state index < -0.39 is 0 Å². The minimum absolute atomic E-state index is 0.333. The van der Waals surface area contributed by atoms with E-state index in [4.69, 9.17) is 10.5 Å². The molecule has 0 unspecified atom stereocenters. The number of nitrogen functional groups attached to an aromatic ring is 1. The van der Waals surface area contributed by atoms with Gasteiger partial charge in [0.1, 0.15) is 0 Å². The van der Waals surface area contributed by atoms with E-state index >= 15 is 0 Å². The van der Waals surface area contributed by atoms with E-state index in [1.165, 1.54) is 12.8 Å². The maximum Gasteiger partial charge on any atom is 0.340 e. The van der Waals surface area contributed by atoms with Crippen molar-refractivity contribution < 1.29 is 9.53 Å². The molecule has 2 N–H and O–H groups in total. The summed E-state index contributed by atoms with van der Waals surface area (Å²) < 4.78 is 5.98. The van der Waals surface area contributed by atoms with Crippen molar-refractivity contribution in [3.63, 3.8) is 0 Å². The highest BCUT2D eigenvalue weighted by Gasteiger charge is 2.23. The third kappa shape index (κ3) is 2.72. The number of halogens is 1. The van der Waals surface area contributed by atoms with Gasteiger partial charge in [-0.15, -0.1) is 0 Å². The molecule has 0 aliphatic heterocycles. The summed E-state index contributed by atoms with van der Waals surface area (Å²) in [6.45, 7) is 0.519. The van der Waals surface area contributed by atoms with Crippen molar-refractivity contribution in [2.45, 2.75) is 12.8 Å². The van der Waals surface area contributed by atoms with Gasteiger partial charge in [0.25, 0.3) is 0 Å². The first-order valence-corrected chi connectivity index (χ1v) is 5.68. The summed E-state index contributed by atoms with van der Waals surface area (Å²) in [7, 11) is 0. The summed E-state index contributed by atoms with van der Waals surface area (Å²) in [4.78, 5) is 11.6. The average molecular weight is 270 g/mol. The van der Waals surface area contributed by atoms with Crippen LogP contribution in [0.4, 0.5) is 5.69 Å². The Labute approximate surface area is 96.7 Å². The Kier molecular flexibility index (Phi) is 2.95. The molecule has 1 fully saturated rings. The lowest BCUT2D eigenvalue weighted by molar-refractivity contribution is 0.0487. The molecule has 80 valence electrons. The van der Waals surface area contributed by atoms with Crippen molar-refractivity contribution >= 4 is 27.6 Å². The van der Waals surface area contributed by atoms with Crippen LogP contribution in [0.15, 0.2) is 22.7 Å². The number of benzene rings is 1. The van der Waals surface area contributed by atoms with E-state index in [9.17, 15) is 4.79 Å². The van der Waals surface area contributed by atoms with E-state index in [0.29, 0.717) is 23.8 Å². The molecule has 0 saturated heterocycles. The van der Waals surface area contributed by atoms with E-state index in [-0.39, 0.29) is 5.97 Å². The minimum Gasteiger partial charge on any atom is -0.462 e. The minimum atomic E-state index is -0.333. The molecular formula is C11H12BrNO2. The largest absolute Gasteiger partial charge is 0.462 e. The molecule has 1 aromatic rings. The first-order chi connectivity index (χ1) is 7.16. The number of carbonyl (C=O) groups excluding carboxylic acids is 1. The van der Waals surface area contributed by atoms with Crippen LogP contribution in [0.25, 0.3) is 0 Å². The second kappa shape index (κ2) is 4.23. The topological polar surface area (TPSA) is 52.3 Å². The van der Waals surface area contributed by atoms with E-state index in [1.54, 1.807) is 18.2 Å². The van der Waals surface area contributed by atoms with Gasteiger partial charge in [-0.2, -0.15) is 0 Å². The zero-order valence-corrected chi connectivity index (χ0v) is 9.79. The lowest BCUT2D eigenvalue weighted by Gasteiger charge is -2.06. The molecule has 0 spiro atoms. The van der Waals surface area contributed by atoms with Gasteiger partial charge in [-0.25, -0.2) is 4.79 Å².